The lowest BCUT2D eigenvalue weighted by Crippen LogP contribution is -2.23. The Morgan fingerprint density at radius 2 is 2.06 bits per heavy atom. The Morgan fingerprint density at radius 1 is 1.17 bits per heavy atom. The van der Waals surface area contributed by atoms with Gasteiger partial charge >= 0.3 is 0 Å². The third-order valence-electron chi connectivity index (χ3n) is 3.38. The average Bonchev–Trinajstić information content (AvgIpc) is 2.40. The van der Waals surface area contributed by atoms with Crippen molar-refractivity contribution in [2.24, 2.45) is 0 Å². The molecule has 1 aliphatic rings. The summed E-state index contributed by atoms with van der Waals surface area (Å²) >= 11 is 0. The summed E-state index contributed by atoms with van der Waals surface area (Å²) in [7, 11) is 0. The van der Waals surface area contributed by atoms with Crippen LogP contribution in [0.2, 0.25) is 0 Å². The third kappa shape index (κ3) is 1.96. The largest absolute Gasteiger partial charge is 0.493 e. The van der Waals surface area contributed by atoms with E-state index >= 15 is 0 Å². The van der Waals surface area contributed by atoms with Crippen molar-refractivity contribution in [3.8, 4) is 11.8 Å². The van der Waals surface area contributed by atoms with E-state index in [2.05, 4.69) is 30.3 Å². The summed E-state index contributed by atoms with van der Waals surface area (Å²) in [4.78, 5) is 0. The van der Waals surface area contributed by atoms with E-state index in [1.807, 2.05) is 12.1 Å². The van der Waals surface area contributed by atoms with Gasteiger partial charge < -0.3 is 4.74 Å². The molecule has 0 aliphatic heterocycles. The van der Waals surface area contributed by atoms with Gasteiger partial charge in [-0.3, -0.25) is 0 Å². The molecule has 0 radical (unpaired) electrons. The van der Waals surface area contributed by atoms with Crippen LogP contribution in [-0.2, 0) is 6.42 Å². The molecule has 1 atom stereocenters. The zero-order chi connectivity index (χ0) is 12.4. The fraction of sp³-hybridized carbons (Fsp3) is 0.188. The summed E-state index contributed by atoms with van der Waals surface area (Å²) in [6.45, 7) is 0.686. The first kappa shape index (κ1) is 10.9. The number of fused-ring (bicyclic) bond motifs is 1. The van der Waals surface area contributed by atoms with Crippen LogP contribution in [0.4, 0.5) is 0 Å². The highest BCUT2D eigenvalue weighted by atomic mass is 16.5. The van der Waals surface area contributed by atoms with Gasteiger partial charge in [-0.1, -0.05) is 30.3 Å². The number of nitriles is 1. The average molecular weight is 235 g/mol. The van der Waals surface area contributed by atoms with Crippen LogP contribution in [0.15, 0.2) is 48.5 Å². The molecule has 2 aromatic carbocycles. The predicted octanol–water partition coefficient (Wildman–Crippen LogP) is 3.28. The Bertz CT molecular complexity index is 612. The number of nitrogens with zero attached hydrogens (tertiary/aromatic N) is 1. The van der Waals surface area contributed by atoms with Crippen LogP contribution in [-0.4, -0.2) is 6.61 Å². The van der Waals surface area contributed by atoms with Crippen LogP contribution in [0, 0.1) is 11.3 Å². The summed E-state index contributed by atoms with van der Waals surface area (Å²) in [6, 6.07) is 17.9. The maximum Gasteiger partial charge on any atom is 0.120 e. The number of rotatable bonds is 3. The highest BCUT2D eigenvalue weighted by molar-refractivity contribution is 5.40. The Hall–Kier alpha value is -2.27. The van der Waals surface area contributed by atoms with E-state index in [-0.39, 0.29) is 0 Å². The molecule has 0 aromatic heterocycles. The molecule has 1 aliphatic carbocycles. The Morgan fingerprint density at radius 3 is 2.89 bits per heavy atom. The van der Waals surface area contributed by atoms with Crippen molar-refractivity contribution < 1.29 is 4.74 Å². The number of hydrogen-bond acceptors (Lipinski definition) is 2. The summed E-state index contributed by atoms with van der Waals surface area (Å²) in [5, 5.41) is 8.82. The molecule has 88 valence electrons. The molecule has 18 heavy (non-hydrogen) atoms. The lowest BCUT2D eigenvalue weighted by atomic mass is 9.78. The zero-order valence-electron chi connectivity index (χ0n) is 9.97. The van der Waals surface area contributed by atoms with E-state index in [4.69, 9.17) is 10.00 Å². The number of hydrogen-bond donors (Lipinski definition) is 0. The monoisotopic (exact) mass is 235 g/mol. The van der Waals surface area contributed by atoms with E-state index in [9.17, 15) is 0 Å². The van der Waals surface area contributed by atoms with Gasteiger partial charge in [0.2, 0.25) is 0 Å². The summed E-state index contributed by atoms with van der Waals surface area (Å²) in [6.07, 6.45) is 1.09. The molecule has 2 aromatic rings. The predicted molar refractivity (Wildman–Crippen MR) is 69.5 cm³/mol. The van der Waals surface area contributed by atoms with Crippen molar-refractivity contribution in [2.45, 2.75) is 12.3 Å². The molecule has 2 heteroatoms. The van der Waals surface area contributed by atoms with Crippen molar-refractivity contribution in [1.82, 2.24) is 0 Å². The van der Waals surface area contributed by atoms with Crippen molar-refractivity contribution >= 4 is 0 Å². The van der Waals surface area contributed by atoms with Gasteiger partial charge in [0.15, 0.2) is 0 Å². The minimum Gasteiger partial charge on any atom is -0.493 e. The topological polar surface area (TPSA) is 33.0 Å². The Balaban J connectivity index is 1.65. The van der Waals surface area contributed by atoms with Crippen LogP contribution in [0.5, 0.6) is 5.75 Å². The number of ether oxygens (including phenoxy) is 1. The van der Waals surface area contributed by atoms with E-state index in [1.165, 1.54) is 11.1 Å². The molecule has 0 amide bonds. The van der Waals surface area contributed by atoms with Crippen molar-refractivity contribution in [3.05, 3.63) is 65.2 Å². The van der Waals surface area contributed by atoms with Crippen LogP contribution >= 0.6 is 0 Å². The normalized spacial score (nSPS) is 16.3. The minimum absolute atomic E-state index is 0.493. The first-order chi connectivity index (χ1) is 8.86. The van der Waals surface area contributed by atoms with Crippen molar-refractivity contribution in [1.29, 1.82) is 5.26 Å². The van der Waals surface area contributed by atoms with E-state index in [1.54, 1.807) is 12.1 Å². The second kappa shape index (κ2) is 4.54. The molecule has 0 fully saturated rings. The molecule has 1 unspecified atom stereocenters. The van der Waals surface area contributed by atoms with E-state index in [0.29, 0.717) is 18.1 Å². The van der Waals surface area contributed by atoms with Gasteiger partial charge in [-0.2, -0.15) is 5.26 Å². The van der Waals surface area contributed by atoms with E-state index < -0.39 is 0 Å². The lowest BCUT2D eigenvalue weighted by molar-refractivity contribution is 0.275. The molecule has 0 saturated heterocycles. The summed E-state index contributed by atoms with van der Waals surface area (Å²) in [5.74, 6) is 1.27. The van der Waals surface area contributed by atoms with Crippen molar-refractivity contribution in [3.63, 3.8) is 0 Å². The second-order valence-corrected chi connectivity index (χ2v) is 4.55. The third-order valence-corrected chi connectivity index (χ3v) is 3.38. The van der Waals surface area contributed by atoms with Gasteiger partial charge in [0.05, 0.1) is 18.2 Å². The van der Waals surface area contributed by atoms with Crippen LogP contribution in [0.1, 0.15) is 22.6 Å². The van der Waals surface area contributed by atoms with Crippen LogP contribution in [0.25, 0.3) is 0 Å². The smallest absolute Gasteiger partial charge is 0.120 e. The standard InChI is InChI=1S/C16H13NO/c17-10-12-4-3-6-15(8-12)18-11-14-9-13-5-1-2-7-16(13)14/h1-8,14H,9,11H2. The first-order valence-electron chi connectivity index (χ1n) is 6.07. The maximum absolute atomic E-state index is 8.82. The highest BCUT2D eigenvalue weighted by Gasteiger charge is 2.25. The van der Waals surface area contributed by atoms with Gasteiger partial charge in [-0.15, -0.1) is 0 Å². The summed E-state index contributed by atoms with van der Waals surface area (Å²) in [5.41, 5.74) is 3.47. The van der Waals surface area contributed by atoms with Crippen LogP contribution in [0.3, 0.4) is 0 Å². The molecular weight excluding hydrogens is 222 g/mol. The highest BCUT2D eigenvalue weighted by Crippen LogP contribution is 2.35. The molecule has 2 nitrogen and oxygen atoms in total. The zero-order valence-corrected chi connectivity index (χ0v) is 9.97. The SMILES string of the molecule is N#Cc1cccc(OCC2Cc3ccccc32)c1. The van der Waals surface area contributed by atoms with Gasteiger partial charge in [-0.25, -0.2) is 0 Å². The fourth-order valence-electron chi connectivity index (χ4n) is 2.36. The molecular formula is C16H13NO. The minimum atomic E-state index is 0.493. The Kier molecular flexibility index (Phi) is 2.74. The lowest BCUT2D eigenvalue weighted by Gasteiger charge is -2.29. The molecule has 0 heterocycles. The quantitative estimate of drug-likeness (QED) is 0.818. The molecule has 0 saturated carbocycles. The summed E-state index contributed by atoms with van der Waals surface area (Å²) < 4.78 is 5.76. The molecule has 3 rings (SSSR count). The molecule has 0 spiro atoms. The molecule has 0 N–H and O–H groups in total. The first-order valence-corrected chi connectivity index (χ1v) is 6.07. The second-order valence-electron chi connectivity index (χ2n) is 4.55. The van der Waals surface area contributed by atoms with E-state index in [0.717, 1.165) is 12.2 Å². The number of benzene rings is 2. The van der Waals surface area contributed by atoms with Gasteiger partial charge in [0.25, 0.3) is 0 Å². The molecule has 0 bridgehead atoms. The van der Waals surface area contributed by atoms with Crippen molar-refractivity contribution in [2.75, 3.05) is 6.61 Å². The van der Waals surface area contributed by atoms with Gasteiger partial charge in [0, 0.05) is 5.92 Å². The van der Waals surface area contributed by atoms with Gasteiger partial charge in [0.1, 0.15) is 5.75 Å². The maximum atomic E-state index is 8.82. The van der Waals surface area contributed by atoms with Crippen LogP contribution < -0.4 is 4.74 Å². The van der Waals surface area contributed by atoms with Gasteiger partial charge in [-0.05, 0) is 35.7 Å². The Labute approximate surface area is 106 Å². The fourth-order valence-corrected chi connectivity index (χ4v) is 2.36.